The zero-order chi connectivity index (χ0) is 11.7. The van der Waals surface area contributed by atoms with E-state index in [0.717, 1.165) is 26.2 Å². The average molecular weight is 249 g/mol. The summed E-state index contributed by atoms with van der Waals surface area (Å²) in [7, 11) is 0. The van der Waals surface area contributed by atoms with Crippen LogP contribution in [0.3, 0.4) is 0 Å². The van der Waals surface area contributed by atoms with E-state index in [0.29, 0.717) is 5.25 Å². The number of rotatable bonds is 3. The number of thioether (sulfide) groups is 1. The van der Waals surface area contributed by atoms with Gasteiger partial charge < -0.3 is 10.1 Å². The van der Waals surface area contributed by atoms with Crippen LogP contribution in [-0.2, 0) is 11.2 Å². The van der Waals surface area contributed by atoms with Crippen molar-refractivity contribution in [3.63, 3.8) is 0 Å². The number of ether oxygens (including phenoxy) is 1. The van der Waals surface area contributed by atoms with Crippen LogP contribution in [0.15, 0.2) is 29.2 Å². The molecule has 0 amide bonds. The topological polar surface area (TPSA) is 21.3 Å². The number of hydrogen-bond acceptors (Lipinski definition) is 3. The first kappa shape index (κ1) is 11.6. The Labute approximate surface area is 107 Å². The summed E-state index contributed by atoms with van der Waals surface area (Å²) < 4.78 is 5.47. The van der Waals surface area contributed by atoms with E-state index in [4.69, 9.17) is 4.74 Å². The first-order chi connectivity index (χ1) is 8.25. The van der Waals surface area contributed by atoms with Crippen molar-refractivity contribution < 1.29 is 4.74 Å². The predicted molar refractivity (Wildman–Crippen MR) is 71.6 cm³/mol. The third-order valence-electron chi connectivity index (χ3n) is 3.69. The van der Waals surface area contributed by atoms with Crippen molar-refractivity contribution in [2.45, 2.75) is 35.4 Å². The van der Waals surface area contributed by atoms with Crippen LogP contribution in [0.4, 0.5) is 0 Å². The van der Waals surface area contributed by atoms with Gasteiger partial charge in [-0.3, -0.25) is 0 Å². The molecular formula is C14H19NOS. The van der Waals surface area contributed by atoms with E-state index in [-0.39, 0.29) is 5.54 Å². The smallest absolute Gasteiger partial charge is 0.0646 e. The maximum absolute atomic E-state index is 5.47. The molecule has 1 aromatic carbocycles. The molecule has 92 valence electrons. The molecule has 3 rings (SSSR count). The highest BCUT2D eigenvalue weighted by atomic mass is 32.2. The van der Waals surface area contributed by atoms with E-state index in [2.05, 4.69) is 36.5 Å². The van der Waals surface area contributed by atoms with E-state index in [1.807, 2.05) is 11.8 Å². The molecule has 1 saturated heterocycles. The first-order valence-corrected chi connectivity index (χ1v) is 7.20. The maximum atomic E-state index is 5.47. The Hall–Kier alpha value is -0.510. The molecule has 2 atom stereocenters. The van der Waals surface area contributed by atoms with Gasteiger partial charge in [0.25, 0.3) is 0 Å². The van der Waals surface area contributed by atoms with Gasteiger partial charge in [0.15, 0.2) is 0 Å². The maximum Gasteiger partial charge on any atom is 0.0646 e. The fourth-order valence-corrected chi connectivity index (χ4v) is 3.78. The fourth-order valence-electron chi connectivity index (χ4n) is 2.53. The van der Waals surface area contributed by atoms with Crippen molar-refractivity contribution in [3.8, 4) is 0 Å². The normalized spacial score (nSPS) is 31.7. The van der Waals surface area contributed by atoms with Gasteiger partial charge in [-0.05, 0) is 31.4 Å². The van der Waals surface area contributed by atoms with Crippen LogP contribution in [-0.4, -0.2) is 30.5 Å². The lowest BCUT2D eigenvalue weighted by atomic mass is 10.0. The quantitative estimate of drug-likeness (QED) is 0.889. The Kier molecular flexibility index (Phi) is 3.16. The summed E-state index contributed by atoms with van der Waals surface area (Å²) in [4.78, 5) is 1.46. The molecule has 0 bridgehead atoms. The molecule has 2 unspecified atom stereocenters. The number of fused-ring (bicyclic) bond motifs is 1. The summed E-state index contributed by atoms with van der Waals surface area (Å²) in [5.41, 5.74) is 1.71. The van der Waals surface area contributed by atoms with Crippen LogP contribution in [0.25, 0.3) is 0 Å². The SMILES string of the molecule is CC1(NCC2Cc3ccccc3S2)CCOC1. The van der Waals surface area contributed by atoms with E-state index >= 15 is 0 Å². The molecule has 2 aliphatic heterocycles. The van der Waals surface area contributed by atoms with Crippen LogP contribution in [0.1, 0.15) is 18.9 Å². The highest BCUT2D eigenvalue weighted by Gasteiger charge is 2.31. The highest BCUT2D eigenvalue weighted by molar-refractivity contribution is 8.00. The van der Waals surface area contributed by atoms with Gasteiger partial charge in [0.05, 0.1) is 6.61 Å². The molecule has 3 heteroatoms. The Morgan fingerprint density at radius 2 is 2.35 bits per heavy atom. The van der Waals surface area contributed by atoms with Crippen LogP contribution in [0.5, 0.6) is 0 Å². The van der Waals surface area contributed by atoms with E-state index < -0.39 is 0 Å². The lowest BCUT2D eigenvalue weighted by Crippen LogP contribution is -2.45. The summed E-state index contributed by atoms with van der Waals surface area (Å²) in [5.74, 6) is 0. The second kappa shape index (κ2) is 4.63. The summed E-state index contributed by atoms with van der Waals surface area (Å²) >= 11 is 2.01. The molecule has 0 aromatic heterocycles. The minimum absolute atomic E-state index is 0.204. The van der Waals surface area contributed by atoms with Gasteiger partial charge >= 0.3 is 0 Å². The molecule has 1 aromatic rings. The molecule has 17 heavy (non-hydrogen) atoms. The Balaban J connectivity index is 1.55. The standard InChI is InChI=1S/C14H19NOS/c1-14(6-7-16-10-14)15-9-12-8-11-4-2-3-5-13(11)17-12/h2-5,12,15H,6-10H2,1H3. The number of hydrogen-bond donors (Lipinski definition) is 1. The molecule has 1 fully saturated rings. The second-order valence-corrected chi connectivity index (χ2v) is 6.64. The molecule has 2 heterocycles. The summed E-state index contributed by atoms with van der Waals surface area (Å²) in [6, 6.07) is 8.76. The molecule has 1 N–H and O–H groups in total. The van der Waals surface area contributed by atoms with Gasteiger partial charge in [0.2, 0.25) is 0 Å². The van der Waals surface area contributed by atoms with Crippen molar-refractivity contribution in [3.05, 3.63) is 29.8 Å². The number of nitrogens with one attached hydrogen (secondary N) is 1. The van der Waals surface area contributed by atoms with Gasteiger partial charge in [0.1, 0.15) is 0 Å². The molecule has 2 nitrogen and oxygen atoms in total. The first-order valence-electron chi connectivity index (χ1n) is 6.33. The van der Waals surface area contributed by atoms with Crippen molar-refractivity contribution in [1.29, 1.82) is 0 Å². The molecule has 2 aliphatic rings. The largest absolute Gasteiger partial charge is 0.379 e. The lowest BCUT2D eigenvalue weighted by Gasteiger charge is -2.25. The second-order valence-electron chi connectivity index (χ2n) is 5.30. The Bertz CT molecular complexity index is 376. The van der Waals surface area contributed by atoms with Crippen LogP contribution < -0.4 is 5.32 Å². The van der Waals surface area contributed by atoms with Crippen molar-refractivity contribution in [2.75, 3.05) is 19.8 Å². The zero-order valence-electron chi connectivity index (χ0n) is 10.2. The summed E-state index contributed by atoms with van der Waals surface area (Å²) in [5, 5.41) is 4.37. The fraction of sp³-hybridized carbons (Fsp3) is 0.571. The lowest BCUT2D eigenvalue weighted by molar-refractivity contribution is 0.172. The van der Waals surface area contributed by atoms with Crippen molar-refractivity contribution in [2.24, 2.45) is 0 Å². The van der Waals surface area contributed by atoms with E-state index in [1.54, 1.807) is 0 Å². The minimum atomic E-state index is 0.204. The van der Waals surface area contributed by atoms with E-state index in [1.165, 1.54) is 16.9 Å². The zero-order valence-corrected chi connectivity index (χ0v) is 11.1. The van der Waals surface area contributed by atoms with Crippen LogP contribution in [0.2, 0.25) is 0 Å². The molecule has 0 spiro atoms. The monoisotopic (exact) mass is 249 g/mol. The number of benzene rings is 1. The highest BCUT2D eigenvalue weighted by Crippen LogP contribution is 2.36. The molecule has 0 radical (unpaired) electrons. The van der Waals surface area contributed by atoms with Gasteiger partial charge in [-0.2, -0.15) is 0 Å². The molecule has 0 aliphatic carbocycles. The van der Waals surface area contributed by atoms with Crippen LogP contribution in [0, 0.1) is 0 Å². The summed E-state index contributed by atoms with van der Waals surface area (Å²) in [6.07, 6.45) is 2.34. The molecule has 0 saturated carbocycles. The van der Waals surface area contributed by atoms with Gasteiger partial charge in [0, 0.05) is 28.8 Å². The predicted octanol–water partition coefficient (Wildman–Crippen LogP) is 2.47. The van der Waals surface area contributed by atoms with Crippen molar-refractivity contribution >= 4 is 11.8 Å². The van der Waals surface area contributed by atoms with Gasteiger partial charge in [-0.25, -0.2) is 0 Å². The van der Waals surface area contributed by atoms with Crippen LogP contribution >= 0.6 is 11.8 Å². The molecular weight excluding hydrogens is 230 g/mol. The minimum Gasteiger partial charge on any atom is -0.379 e. The Morgan fingerprint density at radius 3 is 3.12 bits per heavy atom. The average Bonchev–Trinajstić information content (AvgIpc) is 2.93. The third kappa shape index (κ3) is 2.51. The van der Waals surface area contributed by atoms with Gasteiger partial charge in [-0.1, -0.05) is 18.2 Å². The van der Waals surface area contributed by atoms with E-state index in [9.17, 15) is 0 Å². The third-order valence-corrected chi connectivity index (χ3v) is 5.01. The van der Waals surface area contributed by atoms with Gasteiger partial charge in [-0.15, -0.1) is 11.8 Å². The van der Waals surface area contributed by atoms with Crippen molar-refractivity contribution in [1.82, 2.24) is 5.32 Å². The summed E-state index contributed by atoms with van der Waals surface area (Å²) in [6.45, 7) is 5.12. The Morgan fingerprint density at radius 1 is 1.47 bits per heavy atom.